The van der Waals surface area contributed by atoms with E-state index in [1.165, 1.54) is 0 Å². The Morgan fingerprint density at radius 2 is 1.96 bits per heavy atom. The number of thiazole rings is 1. The molecular weight excluding hydrogens is 376 g/mol. The Kier molecular flexibility index (Phi) is 6.20. The molecular formula is C20H22N4O3S. The minimum atomic E-state index is -0.443. The maximum Gasteiger partial charge on any atom is 0.350 e. The lowest BCUT2D eigenvalue weighted by molar-refractivity contribution is -0.116. The summed E-state index contributed by atoms with van der Waals surface area (Å²) in [5, 5.41) is 7.51. The molecule has 3 aromatic rings. The maximum absolute atomic E-state index is 12.4. The van der Waals surface area contributed by atoms with Gasteiger partial charge in [-0.3, -0.25) is 9.48 Å². The molecule has 1 aromatic carbocycles. The number of rotatable bonds is 7. The summed E-state index contributed by atoms with van der Waals surface area (Å²) >= 11 is 1.12. The van der Waals surface area contributed by atoms with Crippen molar-refractivity contribution in [3.05, 3.63) is 52.7 Å². The van der Waals surface area contributed by atoms with Gasteiger partial charge in [0.25, 0.3) is 0 Å². The van der Waals surface area contributed by atoms with Crippen LogP contribution in [-0.4, -0.2) is 33.2 Å². The number of nitrogens with one attached hydrogen (secondary N) is 1. The van der Waals surface area contributed by atoms with Gasteiger partial charge in [0.1, 0.15) is 4.88 Å². The van der Waals surface area contributed by atoms with Crippen molar-refractivity contribution in [2.45, 2.75) is 33.7 Å². The van der Waals surface area contributed by atoms with Crippen molar-refractivity contribution >= 4 is 28.3 Å². The zero-order valence-electron chi connectivity index (χ0n) is 16.1. The Morgan fingerprint density at radius 3 is 2.61 bits per heavy atom. The van der Waals surface area contributed by atoms with Crippen LogP contribution in [0.3, 0.4) is 0 Å². The second-order valence-electron chi connectivity index (χ2n) is 6.23. The summed E-state index contributed by atoms with van der Waals surface area (Å²) in [6.45, 7) is 6.38. The molecule has 8 heteroatoms. The molecule has 146 valence electrons. The average molecular weight is 398 g/mol. The third-order valence-electron chi connectivity index (χ3n) is 4.04. The number of benzene rings is 1. The van der Waals surface area contributed by atoms with Gasteiger partial charge in [0.15, 0.2) is 5.13 Å². The van der Waals surface area contributed by atoms with Crippen LogP contribution in [0.15, 0.2) is 36.4 Å². The number of amides is 1. The molecule has 28 heavy (non-hydrogen) atoms. The fourth-order valence-corrected chi connectivity index (χ4v) is 3.69. The zero-order valence-corrected chi connectivity index (χ0v) is 16.9. The Balaban J connectivity index is 1.75. The summed E-state index contributed by atoms with van der Waals surface area (Å²) in [6.07, 6.45) is 0.261. The molecule has 2 aromatic heterocycles. The van der Waals surface area contributed by atoms with E-state index in [0.717, 1.165) is 28.3 Å². The molecule has 0 radical (unpaired) electrons. The number of carbonyl (C=O) groups excluding carboxylic acids is 2. The first-order valence-electron chi connectivity index (χ1n) is 9.02. The highest BCUT2D eigenvalue weighted by Crippen LogP contribution is 2.31. The molecule has 2 heterocycles. The molecule has 0 atom stereocenters. The van der Waals surface area contributed by atoms with Crippen LogP contribution in [0.4, 0.5) is 5.13 Å². The number of hydrogen-bond acceptors (Lipinski definition) is 6. The Bertz CT molecular complexity index is 979. The predicted octanol–water partition coefficient (Wildman–Crippen LogP) is 3.83. The first-order valence-corrected chi connectivity index (χ1v) is 9.84. The monoisotopic (exact) mass is 398 g/mol. The van der Waals surface area contributed by atoms with Gasteiger partial charge in [-0.15, -0.1) is 0 Å². The fourth-order valence-electron chi connectivity index (χ4n) is 2.79. The lowest BCUT2D eigenvalue weighted by Crippen LogP contribution is -2.15. The maximum atomic E-state index is 12.4. The van der Waals surface area contributed by atoms with Crippen molar-refractivity contribution in [2.75, 3.05) is 11.9 Å². The van der Waals surface area contributed by atoms with E-state index in [1.54, 1.807) is 11.6 Å². The van der Waals surface area contributed by atoms with Crippen LogP contribution in [0, 0.1) is 13.8 Å². The molecule has 0 aliphatic rings. The van der Waals surface area contributed by atoms with Crippen LogP contribution in [0.1, 0.15) is 34.4 Å². The van der Waals surface area contributed by atoms with Gasteiger partial charge in [-0.2, -0.15) is 5.10 Å². The summed E-state index contributed by atoms with van der Waals surface area (Å²) in [5.41, 5.74) is 3.24. The van der Waals surface area contributed by atoms with Gasteiger partial charge in [-0.05, 0) is 26.8 Å². The quantitative estimate of drug-likeness (QED) is 0.611. The van der Waals surface area contributed by atoms with Crippen molar-refractivity contribution in [3.63, 3.8) is 0 Å². The standard InChI is InChI=1S/C20H22N4O3S/c1-4-27-19(26)18-17(15-8-6-5-7-9-15)22-20(28-18)21-16(25)10-11-24-14(3)12-13(2)23-24/h5-9,12H,4,10-11H2,1-3H3,(H,21,22,25). The van der Waals surface area contributed by atoms with Crippen molar-refractivity contribution in [3.8, 4) is 11.3 Å². The lowest BCUT2D eigenvalue weighted by atomic mass is 10.1. The number of aryl methyl sites for hydroxylation is 3. The molecule has 0 fully saturated rings. The van der Waals surface area contributed by atoms with Gasteiger partial charge in [-0.1, -0.05) is 41.7 Å². The molecule has 0 spiro atoms. The van der Waals surface area contributed by atoms with E-state index in [2.05, 4.69) is 15.4 Å². The van der Waals surface area contributed by atoms with Gasteiger partial charge in [0.05, 0.1) is 18.0 Å². The van der Waals surface area contributed by atoms with E-state index in [0.29, 0.717) is 22.2 Å². The van der Waals surface area contributed by atoms with Crippen LogP contribution in [0.25, 0.3) is 11.3 Å². The highest BCUT2D eigenvalue weighted by molar-refractivity contribution is 7.18. The van der Waals surface area contributed by atoms with Gasteiger partial charge >= 0.3 is 5.97 Å². The SMILES string of the molecule is CCOC(=O)c1sc(NC(=O)CCn2nc(C)cc2C)nc1-c1ccccc1. The van der Waals surface area contributed by atoms with Crippen molar-refractivity contribution in [1.29, 1.82) is 0 Å². The summed E-state index contributed by atoms with van der Waals surface area (Å²) in [6, 6.07) is 11.3. The van der Waals surface area contributed by atoms with Crippen LogP contribution >= 0.6 is 11.3 Å². The third-order valence-corrected chi connectivity index (χ3v) is 4.99. The molecule has 0 saturated carbocycles. The Labute approximate surface area is 167 Å². The van der Waals surface area contributed by atoms with Crippen LogP contribution in [0.5, 0.6) is 0 Å². The van der Waals surface area contributed by atoms with Crippen LogP contribution < -0.4 is 5.32 Å². The van der Waals surface area contributed by atoms with Crippen molar-refractivity contribution in [2.24, 2.45) is 0 Å². The number of ether oxygens (including phenoxy) is 1. The lowest BCUT2D eigenvalue weighted by Gasteiger charge is -2.04. The molecule has 1 amide bonds. The van der Waals surface area contributed by atoms with E-state index >= 15 is 0 Å². The summed E-state index contributed by atoms with van der Waals surface area (Å²) in [5.74, 6) is -0.627. The molecule has 3 rings (SSSR count). The van der Waals surface area contributed by atoms with Crippen molar-refractivity contribution in [1.82, 2.24) is 14.8 Å². The van der Waals surface area contributed by atoms with Gasteiger partial charge in [-0.25, -0.2) is 9.78 Å². The second kappa shape index (κ2) is 8.79. The van der Waals surface area contributed by atoms with E-state index in [9.17, 15) is 9.59 Å². The number of anilines is 1. The fraction of sp³-hybridized carbons (Fsp3) is 0.300. The molecule has 0 aliphatic carbocycles. The third kappa shape index (κ3) is 4.64. The first-order chi connectivity index (χ1) is 13.5. The largest absolute Gasteiger partial charge is 0.462 e. The van der Waals surface area contributed by atoms with Gasteiger partial charge in [0.2, 0.25) is 5.91 Å². The second-order valence-corrected chi connectivity index (χ2v) is 7.23. The highest BCUT2D eigenvalue weighted by atomic mass is 32.1. The molecule has 1 N–H and O–H groups in total. The average Bonchev–Trinajstić information content (AvgIpc) is 3.23. The highest BCUT2D eigenvalue weighted by Gasteiger charge is 2.21. The van der Waals surface area contributed by atoms with Crippen LogP contribution in [0.2, 0.25) is 0 Å². The van der Waals surface area contributed by atoms with E-state index < -0.39 is 5.97 Å². The Hall–Kier alpha value is -3.00. The number of aromatic nitrogens is 3. The first kappa shape index (κ1) is 19.8. The number of esters is 1. The smallest absolute Gasteiger partial charge is 0.350 e. The normalized spacial score (nSPS) is 10.7. The van der Waals surface area contributed by atoms with E-state index in [4.69, 9.17) is 4.74 Å². The molecule has 0 bridgehead atoms. The zero-order chi connectivity index (χ0) is 20.1. The minimum Gasteiger partial charge on any atom is -0.462 e. The minimum absolute atomic E-state index is 0.184. The van der Waals surface area contributed by atoms with Crippen molar-refractivity contribution < 1.29 is 14.3 Å². The number of nitrogens with zero attached hydrogens (tertiary/aromatic N) is 3. The molecule has 0 unspecified atom stereocenters. The number of carbonyl (C=O) groups is 2. The van der Waals surface area contributed by atoms with Gasteiger partial charge < -0.3 is 10.1 Å². The van der Waals surface area contributed by atoms with E-state index in [-0.39, 0.29) is 18.9 Å². The van der Waals surface area contributed by atoms with Crippen LogP contribution in [-0.2, 0) is 16.1 Å². The van der Waals surface area contributed by atoms with E-state index in [1.807, 2.05) is 50.2 Å². The summed E-state index contributed by atoms with van der Waals surface area (Å²) in [7, 11) is 0. The van der Waals surface area contributed by atoms with Gasteiger partial charge in [0, 0.05) is 24.2 Å². The predicted molar refractivity (Wildman–Crippen MR) is 108 cm³/mol. The summed E-state index contributed by atoms with van der Waals surface area (Å²) < 4.78 is 6.94. The molecule has 7 nitrogen and oxygen atoms in total. The summed E-state index contributed by atoms with van der Waals surface area (Å²) in [4.78, 5) is 29.5. The molecule has 0 saturated heterocycles. The number of hydrogen-bond donors (Lipinski definition) is 1. The topological polar surface area (TPSA) is 86.1 Å². The molecule has 0 aliphatic heterocycles. The Morgan fingerprint density at radius 1 is 1.21 bits per heavy atom.